The van der Waals surface area contributed by atoms with Crippen molar-refractivity contribution >= 4 is 17.8 Å². The van der Waals surface area contributed by atoms with Crippen molar-refractivity contribution in [1.29, 1.82) is 0 Å². The fourth-order valence-corrected chi connectivity index (χ4v) is 1.43. The molecular formula is C9H16N4O3. The molecule has 0 aromatic rings. The van der Waals surface area contributed by atoms with Gasteiger partial charge < -0.3 is 10.6 Å². The van der Waals surface area contributed by atoms with E-state index in [1.807, 2.05) is 0 Å². The van der Waals surface area contributed by atoms with Crippen molar-refractivity contribution in [3.05, 3.63) is 0 Å². The van der Waals surface area contributed by atoms with Gasteiger partial charge in [0.25, 0.3) is 0 Å². The van der Waals surface area contributed by atoms with Gasteiger partial charge in [-0.2, -0.15) is 0 Å². The second-order valence-electron chi connectivity index (χ2n) is 3.56. The molecule has 90 valence electrons. The first-order valence-corrected chi connectivity index (χ1v) is 5.08. The number of nitrogens with zero attached hydrogens (tertiary/aromatic N) is 1. The number of amides is 4. The van der Waals surface area contributed by atoms with Crippen molar-refractivity contribution in [3.63, 3.8) is 0 Å². The third kappa shape index (κ3) is 3.20. The van der Waals surface area contributed by atoms with E-state index in [4.69, 9.17) is 0 Å². The minimum atomic E-state index is -0.543. The quantitative estimate of drug-likeness (QED) is 0.523. The lowest BCUT2D eigenvalue weighted by Crippen LogP contribution is -2.56. The van der Waals surface area contributed by atoms with E-state index in [1.165, 1.54) is 7.05 Å². The maximum Gasteiger partial charge on any atom is 0.321 e. The molecule has 1 atom stereocenters. The lowest BCUT2D eigenvalue weighted by Gasteiger charge is -2.30. The second kappa shape index (κ2) is 5.45. The molecule has 7 heteroatoms. The van der Waals surface area contributed by atoms with Gasteiger partial charge in [-0.15, -0.1) is 0 Å². The first-order valence-electron chi connectivity index (χ1n) is 5.08. The average Bonchev–Trinajstić information content (AvgIpc) is 2.27. The standard InChI is InChI=1S/C9H16N4O3/c1-6(8(15)12-9(16)10-2)13-4-3-11-7(14)5-13/h6H,3-5H2,1-2H3,(H,11,14)(H2,10,12,15,16). The van der Waals surface area contributed by atoms with E-state index >= 15 is 0 Å². The summed E-state index contributed by atoms with van der Waals surface area (Å²) in [5.74, 6) is -0.514. The number of nitrogens with one attached hydrogen (secondary N) is 3. The van der Waals surface area contributed by atoms with Gasteiger partial charge in [0.05, 0.1) is 12.6 Å². The zero-order valence-electron chi connectivity index (χ0n) is 9.37. The number of rotatable bonds is 2. The van der Waals surface area contributed by atoms with Gasteiger partial charge in [0.15, 0.2) is 0 Å². The molecule has 1 aliphatic rings. The highest BCUT2D eigenvalue weighted by atomic mass is 16.2. The molecule has 4 amide bonds. The molecule has 1 saturated heterocycles. The Morgan fingerprint density at radius 3 is 2.75 bits per heavy atom. The molecule has 3 N–H and O–H groups in total. The highest BCUT2D eigenvalue weighted by Gasteiger charge is 2.26. The third-order valence-corrected chi connectivity index (χ3v) is 2.46. The van der Waals surface area contributed by atoms with Crippen LogP contribution < -0.4 is 16.0 Å². The van der Waals surface area contributed by atoms with Crippen molar-refractivity contribution in [2.75, 3.05) is 26.7 Å². The number of hydrogen-bond donors (Lipinski definition) is 3. The van der Waals surface area contributed by atoms with Gasteiger partial charge in [0.2, 0.25) is 11.8 Å². The smallest absolute Gasteiger partial charge is 0.321 e. The van der Waals surface area contributed by atoms with Gasteiger partial charge in [-0.25, -0.2) is 4.79 Å². The molecule has 0 spiro atoms. The van der Waals surface area contributed by atoms with Crippen LogP contribution in [0.3, 0.4) is 0 Å². The molecule has 1 aliphatic heterocycles. The zero-order valence-corrected chi connectivity index (χ0v) is 9.37. The van der Waals surface area contributed by atoms with Crippen LogP contribution in [0.15, 0.2) is 0 Å². The molecule has 0 saturated carbocycles. The lowest BCUT2D eigenvalue weighted by molar-refractivity contribution is -0.129. The first kappa shape index (κ1) is 12.4. The summed E-state index contributed by atoms with van der Waals surface area (Å²) < 4.78 is 0. The van der Waals surface area contributed by atoms with E-state index in [9.17, 15) is 14.4 Å². The van der Waals surface area contributed by atoms with Crippen LogP contribution in [-0.2, 0) is 9.59 Å². The van der Waals surface area contributed by atoms with E-state index in [1.54, 1.807) is 11.8 Å². The second-order valence-corrected chi connectivity index (χ2v) is 3.56. The molecule has 16 heavy (non-hydrogen) atoms. The van der Waals surface area contributed by atoms with Crippen LogP contribution in [0.25, 0.3) is 0 Å². The highest BCUT2D eigenvalue weighted by molar-refractivity contribution is 5.97. The normalized spacial score (nSPS) is 18.5. The summed E-state index contributed by atoms with van der Waals surface area (Å²) in [5, 5.41) is 7.14. The Bertz CT molecular complexity index is 305. The van der Waals surface area contributed by atoms with Crippen molar-refractivity contribution in [2.45, 2.75) is 13.0 Å². The summed E-state index contributed by atoms with van der Waals surface area (Å²) >= 11 is 0. The van der Waals surface area contributed by atoms with Gasteiger partial charge >= 0.3 is 6.03 Å². The van der Waals surface area contributed by atoms with Crippen molar-refractivity contribution < 1.29 is 14.4 Å². The molecule has 0 radical (unpaired) electrons. The van der Waals surface area contributed by atoms with Gasteiger partial charge in [-0.1, -0.05) is 0 Å². The van der Waals surface area contributed by atoms with E-state index in [0.717, 1.165) is 0 Å². The summed E-state index contributed by atoms with van der Waals surface area (Å²) in [4.78, 5) is 35.3. The minimum Gasteiger partial charge on any atom is -0.354 e. The van der Waals surface area contributed by atoms with Crippen LogP contribution in [0.5, 0.6) is 0 Å². The zero-order chi connectivity index (χ0) is 12.1. The average molecular weight is 228 g/mol. The van der Waals surface area contributed by atoms with E-state index in [-0.39, 0.29) is 12.5 Å². The lowest BCUT2D eigenvalue weighted by atomic mass is 10.2. The van der Waals surface area contributed by atoms with Crippen LogP contribution in [0.1, 0.15) is 6.92 Å². The predicted octanol–water partition coefficient (Wildman–Crippen LogP) is -1.74. The van der Waals surface area contributed by atoms with Crippen molar-refractivity contribution in [1.82, 2.24) is 20.9 Å². The van der Waals surface area contributed by atoms with Gasteiger partial charge in [-0.05, 0) is 6.92 Å². The highest BCUT2D eigenvalue weighted by Crippen LogP contribution is 2.01. The molecule has 1 fully saturated rings. The number of hydrogen-bond acceptors (Lipinski definition) is 4. The largest absolute Gasteiger partial charge is 0.354 e. The molecule has 7 nitrogen and oxygen atoms in total. The first-order chi connectivity index (χ1) is 7.54. The number of carbonyl (C=O) groups is 3. The Morgan fingerprint density at radius 1 is 1.50 bits per heavy atom. The van der Waals surface area contributed by atoms with Gasteiger partial charge in [0, 0.05) is 20.1 Å². The SMILES string of the molecule is CNC(=O)NC(=O)C(C)N1CCNC(=O)C1. The van der Waals surface area contributed by atoms with Crippen LogP contribution in [0.2, 0.25) is 0 Å². The van der Waals surface area contributed by atoms with Crippen molar-refractivity contribution in [2.24, 2.45) is 0 Å². The summed E-state index contributed by atoms with van der Waals surface area (Å²) in [7, 11) is 1.43. The Hall–Kier alpha value is -1.63. The summed E-state index contributed by atoms with van der Waals surface area (Å²) in [5.41, 5.74) is 0. The Morgan fingerprint density at radius 2 is 2.19 bits per heavy atom. The van der Waals surface area contributed by atoms with Crippen LogP contribution in [-0.4, -0.2) is 55.5 Å². The fourth-order valence-electron chi connectivity index (χ4n) is 1.43. The summed E-state index contributed by atoms with van der Waals surface area (Å²) in [6.45, 7) is 2.98. The number of urea groups is 1. The molecule has 0 aromatic carbocycles. The Labute approximate surface area is 93.5 Å². The molecule has 0 aromatic heterocycles. The molecular weight excluding hydrogens is 212 g/mol. The van der Waals surface area contributed by atoms with Crippen LogP contribution in [0, 0.1) is 0 Å². The number of piperazine rings is 1. The maximum absolute atomic E-state index is 11.6. The Kier molecular flexibility index (Phi) is 4.24. The van der Waals surface area contributed by atoms with E-state index in [0.29, 0.717) is 13.1 Å². The van der Waals surface area contributed by atoms with Gasteiger partial charge in [0.1, 0.15) is 0 Å². The van der Waals surface area contributed by atoms with Crippen molar-refractivity contribution in [3.8, 4) is 0 Å². The summed E-state index contributed by atoms with van der Waals surface area (Å²) in [6, 6.07) is -1.04. The minimum absolute atomic E-state index is 0.106. The molecule has 0 bridgehead atoms. The molecule has 1 heterocycles. The number of carbonyl (C=O) groups excluding carboxylic acids is 3. The van der Waals surface area contributed by atoms with Crippen LogP contribution >= 0.6 is 0 Å². The molecule has 1 unspecified atom stereocenters. The van der Waals surface area contributed by atoms with Crippen LogP contribution in [0.4, 0.5) is 4.79 Å². The molecule has 0 aliphatic carbocycles. The van der Waals surface area contributed by atoms with E-state index < -0.39 is 18.0 Å². The Balaban J connectivity index is 2.49. The van der Waals surface area contributed by atoms with Gasteiger partial charge in [-0.3, -0.25) is 19.8 Å². The molecule has 1 rings (SSSR count). The fraction of sp³-hybridized carbons (Fsp3) is 0.667. The van der Waals surface area contributed by atoms with E-state index in [2.05, 4.69) is 16.0 Å². The maximum atomic E-state index is 11.6. The summed E-state index contributed by atoms with van der Waals surface area (Å²) in [6.07, 6.45) is 0. The predicted molar refractivity (Wildman–Crippen MR) is 56.6 cm³/mol. The topological polar surface area (TPSA) is 90.5 Å². The monoisotopic (exact) mass is 228 g/mol. The number of imide groups is 1. The third-order valence-electron chi connectivity index (χ3n) is 2.46.